The zero-order valence-electron chi connectivity index (χ0n) is 10.0. The number of fused-ring (bicyclic) bond motifs is 1. The zero-order chi connectivity index (χ0) is 12.4. The highest BCUT2D eigenvalue weighted by molar-refractivity contribution is 5.93. The molecule has 0 radical (unpaired) electrons. The average Bonchev–Trinajstić information content (AvgIpc) is 2.32. The van der Waals surface area contributed by atoms with Gasteiger partial charge in [0.2, 0.25) is 5.91 Å². The van der Waals surface area contributed by atoms with Crippen LogP contribution in [0, 0.1) is 0 Å². The molecule has 0 spiro atoms. The number of primary amides is 1. The first-order valence-corrected chi connectivity index (χ1v) is 5.51. The minimum Gasteiger partial charge on any atom is -0.497 e. The Hall–Kier alpha value is -1.97. The summed E-state index contributed by atoms with van der Waals surface area (Å²) in [6.07, 6.45) is 0.272. The summed E-state index contributed by atoms with van der Waals surface area (Å²) in [4.78, 5) is 11.1. The van der Waals surface area contributed by atoms with Crippen molar-refractivity contribution in [1.29, 1.82) is 0 Å². The van der Waals surface area contributed by atoms with Crippen molar-refractivity contribution < 1.29 is 9.53 Å². The van der Waals surface area contributed by atoms with Crippen LogP contribution in [-0.2, 0) is 4.79 Å². The number of hydrogen-bond donors (Lipinski definition) is 2. The van der Waals surface area contributed by atoms with Gasteiger partial charge in [-0.1, -0.05) is 0 Å². The molecule has 17 heavy (non-hydrogen) atoms. The number of carbonyl (C=O) groups excluding carboxylic acids is 1. The predicted octanol–water partition coefficient (Wildman–Crippen LogP) is 1.77. The maximum atomic E-state index is 11.1. The average molecular weight is 232 g/mol. The molecule has 0 bridgehead atoms. The summed E-state index contributed by atoms with van der Waals surface area (Å²) < 4.78 is 5.20. The standard InChI is InChI=1S/C13H16N2O2/c1-8-7-15-12-4-3-9(17-2)5-11(12)10(8)6-13(14)16/h3-5,15H,6-7H2,1-2H3,(H2,14,16). The molecule has 1 aliphatic rings. The van der Waals surface area contributed by atoms with E-state index in [1.54, 1.807) is 7.11 Å². The van der Waals surface area contributed by atoms with Gasteiger partial charge in [0.15, 0.2) is 0 Å². The Labute approximate surface area is 100 Å². The van der Waals surface area contributed by atoms with E-state index in [9.17, 15) is 4.79 Å². The lowest BCUT2D eigenvalue weighted by atomic mass is 9.92. The summed E-state index contributed by atoms with van der Waals surface area (Å²) in [6.45, 7) is 2.76. The lowest BCUT2D eigenvalue weighted by Gasteiger charge is -2.23. The summed E-state index contributed by atoms with van der Waals surface area (Å²) in [5, 5.41) is 3.30. The molecule has 0 aliphatic carbocycles. The van der Waals surface area contributed by atoms with Crippen molar-refractivity contribution in [3.63, 3.8) is 0 Å². The first-order chi connectivity index (χ1) is 8.11. The van der Waals surface area contributed by atoms with Gasteiger partial charge in [0, 0.05) is 17.8 Å². The fourth-order valence-corrected chi connectivity index (χ4v) is 2.04. The molecular weight excluding hydrogens is 216 g/mol. The van der Waals surface area contributed by atoms with Gasteiger partial charge >= 0.3 is 0 Å². The van der Waals surface area contributed by atoms with Gasteiger partial charge in [-0.2, -0.15) is 0 Å². The zero-order valence-corrected chi connectivity index (χ0v) is 10.0. The molecule has 1 aromatic carbocycles. The highest BCUT2D eigenvalue weighted by atomic mass is 16.5. The number of rotatable bonds is 3. The van der Waals surface area contributed by atoms with Crippen molar-refractivity contribution in [2.45, 2.75) is 13.3 Å². The largest absolute Gasteiger partial charge is 0.497 e. The smallest absolute Gasteiger partial charge is 0.221 e. The van der Waals surface area contributed by atoms with Gasteiger partial charge in [-0.3, -0.25) is 4.79 Å². The Balaban J connectivity index is 2.48. The second kappa shape index (κ2) is 4.49. The van der Waals surface area contributed by atoms with Crippen LogP contribution in [0.5, 0.6) is 5.75 Å². The van der Waals surface area contributed by atoms with E-state index >= 15 is 0 Å². The molecule has 0 aromatic heterocycles. The van der Waals surface area contributed by atoms with E-state index in [4.69, 9.17) is 10.5 Å². The Morgan fingerprint density at radius 2 is 2.29 bits per heavy atom. The van der Waals surface area contributed by atoms with Crippen LogP contribution >= 0.6 is 0 Å². The van der Waals surface area contributed by atoms with Gasteiger partial charge in [-0.15, -0.1) is 0 Å². The molecule has 90 valence electrons. The number of nitrogens with two attached hydrogens (primary N) is 1. The monoisotopic (exact) mass is 232 g/mol. The van der Waals surface area contributed by atoms with Gasteiger partial charge in [0.1, 0.15) is 5.75 Å². The normalized spacial score (nSPS) is 14.0. The Morgan fingerprint density at radius 1 is 1.53 bits per heavy atom. The van der Waals surface area contributed by atoms with Gasteiger partial charge in [0.25, 0.3) is 0 Å². The fraction of sp³-hybridized carbons (Fsp3) is 0.308. The van der Waals surface area contributed by atoms with Crippen LogP contribution in [0.4, 0.5) is 5.69 Å². The number of methoxy groups -OCH3 is 1. The minimum atomic E-state index is -0.310. The molecule has 4 heteroatoms. The second-order valence-corrected chi connectivity index (χ2v) is 4.17. The first-order valence-electron chi connectivity index (χ1n) is 5.51. The maximum absolute atomic E-state index is 11.1. The predicted molar refractivity (Wildman–Crippen MR) is 67.9 cm³/mol. The maximum Gasteiger partial charge on any atom is 0.221 e. The highest BCUT2D eigenvalue weighted by Gasteiger charge is 2.18. The molecule has 0 unspecified atom stereocenters. The van der Waals surface area contributed by atoms with Crippen LogP contribution in [0.3, 0.4) is 0 Å². The van der Waals surface area contributed by atoms with E-state index in [0.717, 1.165) is 34.7 Å². The topological polar surface area (TPSA) is 64.3 Å². The summed E-state index contributed by atoms with van der Waals surface area (Å²) in [6, 6.07) is 5.79. The Morgan fingerprint density at radius 3 is 2.94 bits per heavy atom. The molecule has 3 N–H and O–H groups in total. The molecule has 0 saturated heterocycles. The third-order valence-corrected chi connectivity index (χ3v) is 2.96. The number of ether oxygens (including phenoxy) is 1. The third kappa shape index (κ3) is 2.25. The number of hydrogen-bond acceptors (Lipinski definition) is 3. The molecule has 1 aliphatic heterocycles. The van der Waals surface area contributed by atoms with Crippen LogP contribution in [0.15, 0.2) is 23.8 Å². The molecule has 0 atom stereocenters. The molecule has 1 aromatic rings. The summed E-state index contributed by atoms with van der Waals surface area (Å²) >= 11 is 0. The molecule has 0 saturated carbocycles. The van der Waals surface area contributed by atoms with Crippen LogP contribution in [0.2, 0.25) is 0 Å². The number of carbonyl (C=O) groups is 1. The lowest BCUT2D eigenvalue weighted by Crippen LogP contribution is -2.17. The number of benzene rings is 1. The molecule has 1 amide bonds. The van der Waals surface area contributed by atoms with Crippen molar-refractivity contribution in [3.05, 3.63) is 29.3 Å². The van der Waals surface area contributed by atoms with E-state index in [1.807, 2.05) is 25.1 Å². The van der Waals surface area contributed by atoms with Gasteiger partial charge in [-0.05, 0) is 36.3 Å². The summed E-state index contributed by atoms with van der Waals surface area (Å²) in [7, 11) is 1.63. The second-order valence-electron chi connectivity index (χ2n) is 4.17. The van der Waals surface area contributed by atoms with Crippen LogP contribution < -0.4 is 15.8 Å². The van der Waals surface area contributed by atoms with Crippen molar-refractivity contribution >= 4 is 17.2 Å². The number of anilines is 1. The molecule has 0 fully saturated rings. The van der Waals surface area contributed by atoms with E-state index < -0.39 is 0 Å². The van der Waals surface area contributed by atoms with Crippen molar-refractivity contribution in [2.24, 2.45) is 5.73 Å². The molecule has 1 heterocycles. The fourth-order valence-electron chi connectivity index (χ4n) is 2.04. The van der Waals surface area contributed by atoms with Gasteiger partial charge < -0.3 is 15.8 Å². The van der Waals surface area contributed by atoms with Gasteiger partial charge in [-0.25, -0.2) is 0 Å². The quantitative estimate of drug-likeness (QED) is 0.834. The van der Waals surface area contributed by atoms with E-state index in [-0.39, 0.29) is 12.3 Å². The number of amides is 1. The van der Waals surface area contributed by atoms with Crippen molar-refractivity contribution in [1.82, 2.24) is 0 Å². The van der Waals surface area contributed by atoms with Crippen molar-refractivity contribution in [3.8, 4) is 5.75 Å². The number of nitrogens with one attached hydrogen (secondary N) is 1. The summed E-state index contributed by atoms with van der Waals surface area (Å²) in [5.41, 5.74) is 9.46. The Kier molecular flexibility index (Phi) is 3.04. The van der Waals surface area contributed by atoms with E-state index in [1.165, 1.54) is 0 Å². The molecular formula is C13H16N2O2. The van der Waals surface area contributed by atoms with Crippen molar-refractivity contribution in [2.75, 3.05) is 19.0 Å². The van der Waals surface area contributed by atoms with E-state index in [2.05, 4.69) is 5.32 Å². The SMILES string of the molecule is COc1ccc2c(c1)C(CC(N)=O)=C(C)CN2. The molecule has 2 rings (SSSR count). The summed E-state index contributed by atoms with van der Waals surface area (Å²) in [5.74, 6) is 0.470. The lowest BCUT2D eigenvalue weighted by molar-refractivity contribution is -0.117. The van der Waals surface area contributed by atoms with Crippen LogP contribution in [-0.4, -0.2) is 19.6 Å². The van der Waals surface area contributed by atoms with Crippen LogP contribution in [0.25, 0.3) is 5.57 Å². The van der Waals surface area contributed by atoms with Crippen LogP contribution in [0.1, 0.15) is 18.9 Å². The molecule has 4 nitrogen and oxygen atoms in total. The Bertz CT molecular complexity index is 492. The third-order valence-electron chi connectivity index (χ3n) is 2.96. The van der Waals surface area contributed by atoms with Gasteiger partial charge in [0.05, 0.1) is 13.5 Å². The first kappa shape index (κ1) is 11.5. The minimum absolute atomic E-state index is 0.272. The van der Waals surface area contributed by atoms with E-state index in [0.29, 0.717) is 0 Å². The highest BCUT2D eigenvalue weighted by Crippen LogP contribution is 2.35.